The maximum atomic E-state index is 13.1. The van der Waals surface area contributed by atoms with Crippen molar-refractivity contribution in [1.82, 2.24) is 15.1 Å². The monoisotopic (exact) mass is 401 g/mol. The highest BCUT2D eigenvalue weighted by Crippen LogP contribution is 2.32. The van der Waals surface area contributed by atoms with E-state index in [9.17, 15) is 19.2 Å². The third-order valence-corrected chi connectivity index (χ3v) is 5.73. The van der Waals surface area contributed by atoms with E-state index in [4.69, 9.17) is 4.74 Å². The summed E-state index contributed by atoms with van der Waals surface area (Å²) in [7, 11) is 0. The van der Waals surface area contributed by atoms with Gasteiger partial charge in [0.05, 0.1) is 12.5 Å². The molecule has 2 saturated heterocycles. The number of carbonyl (C=O) groups excluding carboxylic acids is 4. The van der Waals surface area contributed by atoms with Crippen LogP contribution in [0.2, 0.25) is 0 Å². The number of likely N-dealkylation sites (tertiary alicyclic amines) is 1. The molecule has 1 aromatic carbocycles. The molecule has 0 aliphatic carbocycles. The maximum absolute atomic E-state index is 13.1. The number of nitrogens with one attached hydrogen (secondary N) is 1. The first-order valence-electron chi connectivity index (χ1n) is 10.1. The van der Waals surface area contributed by atoms with Crippen LogP contribution in [0.25, 0.3) is 0 Å². The lowest BCUT2D eigenvalue weighted by Gasteiger charge is -2.32. The highest BCUT2D eigenvalue weighted by molar-refractivity contribution is 6.09. The van der Waals surface area contributed by atoms with Crippen molar-refractivity contribution < 1.29 is 23.9 Å². The summed E-state index contributed by atoms with van der Waals surface area (Å²) in [5, 5.41) is 2.78. The first kappa shape index (κ1) is 20.8. The van der Waals surface area contributed by atoms with Gasteiger partial charge >= 0.3 is 12.0 Å². The zero-order valence-electron chi connectivity index (χ0n) is 16.8. The van der Waals surface area contributed by atoms with E-state index >= 15 is 0 Å². The number of rotatable bonds is 6. The van der Waals surface area contributed by atoms with Crippen molar-refractivity contribution in [3.8, 4) is 0 Å². The van der Waals surface area contributed by atoms with Gasteiger partial charge < -0.3 is 15.0 Å². The molecule has 0 saturated carbocycles. The lowest BCUT2D eigenvalue weighted by Crippen LogP contribution is -2.47. The lowest BCUT2D eigenvalue weighted by molar-refractivity contribution is -0.151. The Morgan fingerprint density at radius 3 is 2.38 bits per heavy atom. The van der Waals surface area contributed by atoms with Gasteiger partial charge in [-0.05, 0) is 31.7 Å². The number of amides is 4. The Morgan fingerprint density at radius 2 is 1.79 bits per heavy atom. The zero-order valence-corrected chi connectivity index (χ0v) is 16.8. The molecule has 2 aliphatic heterocycles. The van der Waals surface area contributed by atoms with E-state index in [0.717, 1.165) is 4.90 Å². The number of nitrogens with zero attached hydrogens (tertiary/aromatic N) is 2. The Hall–Kier alpha value is -2.90. The first-order valence-corrected chi connectivity index (χ1v) is 10.1. The minimum atomic E-state index is -1.14. The predicted molar refractivity (Wildman–Crippen MR) is 105 cm³/mol. The van der Waals surface area contributed by atoms with Crippen LogP contribution in [0.1, 0.15) is 38.7 Å². The van der Waals surface area contributed by atoms with Crippen LogP contribution in [0.3, 0.4) is 0 Å². The molecule has 29 heavy (non-hydrogen) atoms. The quantitative estimate of drug-likeness (QED) is 0.578. The predicted octanol–water partition coefficient (Wildman–Crippen LogP) is 1.65. The van der Waals surface area contributed by atoms with Crippen LogP contribution in [0, 0.1) is 5.92 Å². The number of benzene rings is 1. The highest BCUT2D eigenvalue weighted by Gasteiger charge is 2.51. The number of piperidine rings is 1. The van der Waals surface area contributed by atoms with E-state index in [1.165, 1.54) is 0 Å². The molecule has 0 bridgehead atoms. The van der Waals surface area contributed by atoms with Gasteiger partial charge in [-0.1, -0.05) is 37.3 Å². The van der Waals surface area contributed by atoms with Crippen LogP contribution < -0.4 is 5.32 Å². The Balaban J connectivity index is 1.65. The molecule has 4 amide bonds. The van der Waals surface area contributed by atoms with Crippen molar-refractivity contribution in [2.45, 2.75) is 38.6 Å². The van der Waals surface area contributed by atoms with Gasteiger partial charge in [0.2, 0.25) is 5.91 Å². The van der Waals surface area contributed by atoms with Crippen molar-refractivity contribution in [3.63, 3.8) is 0 Å². The Kier molecular flexibility index (Phi) is 6.20. The third-order valence-electron chi connectivity index (χ3n) is 5.73. The van der Waals surface area contributed by atoms with Gasteiger partial charge in [-0.2, -0.15) is 0 Å². The molecule has 0 spiro atoms. The van der Waals surface area contributed by atoms with Gasteiger partial charge in [0, 0.05) is 13.1 Å². The number of esters is 1. The van der Waals surface area contributed by atoms with Crippen LogP contribution in [0.4, 0.5) is 4.79 Å². The van der Waals surface area contributed by atoms with E-state index in [0.29, 0.717) is 44.5 Å². The minimum Gasteiger partial charge on any atom is -0.466 e. The van der Waals surface area contributed by atoms with Gasteiger partial charge in [0.15, 0.2) is 0 Å². The number of hydrogen-bond acceptors (Lipinski definition) is 5. The fraction of sp³-hybridized carbons (Fsp3) is 0.524. The second-order valence-electron chi connectivity index (χ2n) is 7.35. The van der Waals surface area contributed by atoms with Crippen molar-refractivity contribution >= 4 is 23.8 Å². The van der Waals surface area contributed by atoms with E-state index < -0.39 is 17.5 Å². The van der Waals surface area contributed by atoms with Gasteiger partial charge in [0.1, 0.15) is 12.1 Å². The maximum Gasteiger partial charge on any atom is 0.325 e. The molecule has 1 aromatic rings. The van der Waals surface area contributed by atoms with Crippen molar-refractivity contribution in [2.75, 3.05) is 26.2 Å². The molecule has 1 unspecified atom stereocenters. The minimum absolute atomic E-state index is 0.207. The molecule has 2 fully saturated rings. The molecule has 0 aromatic heterocycles. The molecule has 8 nitrogen and oxygen atoms in total. The summed E-state index contributed by atoms with van der Waals surface area (Å²) in [6.07, 6.45) is 1.43. The molecular weight excluding hydrogens is 374 g/mol. The van der Waals surface area contributed by atoms with E-state index in [1.807, 2.05) is 25.1 Å². The molecular formula is C21H27N3O5. The fourth-order valence-electron chi connectivity index (χ4n) is 3.99. The van der Waals surface area contributed by atoms with E-state index in [2.05, 4.69) is 5.32 Å². The lowest BCUT2D eigenvalue weighted by atomic mass is 9.87. The summed E-state index contributed by atoms with van der Waals surface area (Å²) in [5.41, 5.74) is -0.443. The normalized spacial score (nSPS) is 22.6. The Labute approximate surface area is 170 Å². The zero-order chi connectivity index (χ0) is 21.0. The molecule has 1 atom stereocenters. The molecule has 3 rings (SSSR count). The van der Waals surface area contributed by atoms with Gasteiger partial charge in [-0.25, -0.2) is 4.79 Å². The fourth-order valence-corrected chi connectivity index (χ4v) is 3.99. The van der Waals surface area contributed by atoms with Crippen LogP contribution in [0.15, 0.2) is 30.3 Å². The SMILES string of the molecule is CCOC(=O)C1CCN(C(=O)CN2C(=O)NC(CC)(c3ccccc3)C2=O)CC1. The topological polar surface area (TPSA) is 96.0 Å². The summed E-state index contributed by atoms with van der Waals surface area (Å²) in [6, 6.07) is 8.51. The summed E-state index contributed by atoms with van der Waals surface area (Å²) in [4.78, 5) is 52.8. The van der Waals surface area contributed by atoms with Crippen molar-refractivity contribution in [2.24, 2.45) is 5.92 Å². The van der Waals surface area contributed by atoms with Gasteiger partial charge in [0.25, 0.3) is 5.91 Å². The summed E-state index contributed by atoms with van der Waals surface area (Å²) < 4.78 is 5.04. The first-order chi connectivity index (χ1) is 13.9. The largest absolute Gasteiger partial charge is 0.466 e. The molecule has 0 radical (unpaired) electrons. The second-order valence-corrected chi connectivity index (χ2v) is 7.35. The molecule has 2 aliphatic rings. The average Bonchev–Trinajstić information content (AvgIpc) is 2.99. The van der Waals surface area contributed by atoms with Gasteiger partial charge in [-0.15, -0.1) is 0 Å². The van der Waals surface area contributed by atoms with Crippen LogP contribution in [0.5, 0.6) is 0 Å². The van der Waals surface area contributed by atoms with Crippen LogP contribution >= 0.6 is 0 Å². The summed E-state index contributed by atoms with van der Waals surface area (Å²) in [5.74, 6) is -1.15. The van der Waals surface area contributed by atoms with Crippen molar-refractivity contribution in [3.05, 3.63) is 35.9 Å². The standard InChI is InChI=1S/C21H27N3O5/c1-3-21(16-8-6-5-7-9-16)19(27)24(20(28)22-21)14-17(25)23-12-10-15(11-13-23)18(26)29-4-2/h5-9,15H,3-4,10-14H2,1-2H3,(H,22,28). The number of hydrogen-bond donors (Lipinski definition) is 1. The highest BCUT2D eigenvalue weighted by atomic mass is 16.5. The number of ether oxygens (including phenoxy) is 1. The van der Waals surface area contributed by atoms with E-state index in [1.54, 1.807) is 24.0 Å². The number of urea groups is 1. The van der Waals surface area contributed by atoms with Crippen LogP contribution in [-0.4, -0.2) is 59.9 Å². The second kappa shape index (κ2) is 8.63. The number of imide groups is 1. The summed E-state index contributed by atoms with van der Waals surface area (Å²) in [6.45, 7) is 4.44. The van der Waals surface area contributed by atoms with E-state index in [-0.39, 0.29) is 24.3 Å². The smallest absolute Gasteiger partial charge is 0.325 e. The molecule has 2 heterocycles. The molecule has 1 N–H and O–H groups in total. The molecule has 156 valence electrons. The molecule has 8 heteroatoms. The Morgan fingerprint density at radius 1 is 1.14 bits per heavy atom. The third kappa shape index (κ3) is 3.97. The van der Waals surface area contributed by atoms with Crippen molar-refractivity contribution in [1.29, 1.82) is 0 Å². The summed E-state index contributed by atoms with van der Waals surface area (Å²) >= 11 is 0. The van der Waals surface area contributed by atoms with Crippen LogP contribution in [-0.2, 0) is 24.7 Å². The Bertz CT molecular complexity index is 789. The van der Waals surface area contributed by atoms with Gasteiger partial charge in [-0.3, -0.25) is 19.3 Å². The number of carbonyl (C=O) groups is 4. The average molecular weight is 401 g/mol.